The topological polar surface area (TPSA) is 38.3 Å². The van der Waals surface area contributed by atoms with Gasteiger partial charge in [-0.05, 0) is 20.4 Å². The number of carbonyl (C=O) groups is 1. The molecule has 3 heteroatoms. The second-order valence-corrected chi connectivity index (χ2v) is 2.66. The largest absolute Gasteiger partial charge is 0.464 e. The van der Waals surface area contributed by atoms with Crippen molar-refractivity contribution in [2.45, 2.75) is 26.3 Å². The fourth-order valence-electron chi connectivity index (χ4n) is 0.876. The van der Waals surface area contributed by atoms with Crippen LogP contribution in [0.2, 0.25) is 0 Å². The van der Waals surface area contributed by atoms with Gasteiger partial charge in [0, 0.05) is 0 Å². The molecule has 0 aliphatic heterocycles. The first-order valence-corrected chi connectivity index (χ1v) is 4.16. The molecular formula is C9H17NO2. The van der Waals surface area contributed by atoms with Crippen LogP contribution in [0.15, 0.2) is 12.7 Å². The van der Waals surface area contributed by atoms with Crippen LogP contribution in [0.25, 0.3) is 0 Å². The monoisotopic (exact) mass is 171 g/mol. The fraction of sp³-hybridized carbons (Fsp3) is 0.667. The molecule has 0 heterocycles. The van der Waals surface area contributed by atoms with Crippen LogP contribution in [0.4, 0.5) is 0 Å². The van der Waals surface area contributed by atoms with Crippen molar-refractivity contribution in [2.24, 2.45) is 0 Å². The third-order valence-corrected chi connectivity index (χ3v) is 1.65. The zero-order chi connectivity index (χ0) is 9.61. The van der Waals surface area contributed by atoms with Gasteiger partial charge in [-0.3, -0.25) is 5.32 Å². The first-order chi connectivity index (χ1) is 5.60. The highest BCUT2D eigenvalue weighted by Gasteiger charge is 2.29. The first-order valence-electron chi connectivity index (χ1n) is 4.16. The quantitative estimate of drug-likeness (QED) is 0.497. The van der Waals surface area contributed by atoms with E-state index in [0.29, 0.717) is 13.2 Å². The normalized spacial score (nSPS) is 14.9. The predicted molar refractivity (Wildman–Crippen MR) is 48.9 cm³/mol. The van der Waals surface area contributed by atoms with Crippen molar-refractivity contribution in [2.75, 3.05) is 13.2 Å². The summed E-state index contributed by atoms with van der Waals surface area (Å²) in [6, 6.07) is 0. The Morgan fingerprint density at radius 3 is 2.58 bits per heavy atom. The first kappa shape index (κ1) is 11.2. The van der Waals surface area contributed by atoms with Gasteiger partial charge in [-0.2, -0.15) is 0 Å². The van der Waals surface area contributed by atoms with Gasteiger partial charge in [0.15, 0.2) is 0 Å². The van der Waals surface area contributed by atoms with E-state index in [-0.39, 0.29) is 5.97 Å². The number of hydrogen-bond donors (Lipinski definition) is 1. The van der Waals surface area contributed by atoms with Crippen molar-refractivity contribution in [3.63, 3.8) is 0 Å². The highest BCUT2D eigenvalue weighted by atomic mass is 16.5. The summed E-state index contributed by atoms with van der Waals surface area (Å²) in [7, 11) is 0. The van der Waals surface area contributed by atoms with E-state index < -0.39 is 5.54 Å². The van der Waals surface area contributed by atoms with E-state index in [9.17, 15) is 4.79 Å². The molecule has 1 atom stereocenters. The van der Waals surface area contributed by atoms with Crippen LogP contribution >= 0.6 is 0 Å². The van der Waals surface area contributed by atoms with E-state index in [1.165, 1.54) is 0 Å². The number of hydrogen-bond acceptors (Lipinski definition) is 3. The molecule has 1 unspecified atom stereocenters. The lowest BCUT2D eigenvalue weighted by atomic mass is 10.0. The van der Waals surface area contributed by atoms with E-state index in [0.717, 1.165) is 0 Å². The molecule has 70 valence electrons. The molecule has 12 heavy (non-hydrogen) atoms. The van der Waals surface area contributed by atoms with Crippen molar-refractivity contribution in [1.29, 1.82) is 0 Å². The van der Waals surface area contributed by atoms with Crippen LogP contribution in [0.5, 0.6) is 0 Å². The third kappa shape index (κ3) is 2.66. The molecule has 0 rings (SSSR count). The zero-order valence-electron chi connectivity index (χ0n) is 8.02. The Bertz CT molecular complexity index is 168. The van der Waals surface area contributed by atoms with E-state index in [2.05, 4.69) is 11.9 Å². The van der Waals surface area contributed by atoms with Crippen LogP contribution in [-0.4, -0.2) is 24.7 Å². The smallest absolute Gasteiger partial charge is 0.330 e. The summed E-state index contributed by atoms with van der Waals surface area (Å²) in [6.45, 7) is 10.2. The van der Waals surface area contributed by atoms with Gasteiger partial charge in [-0.1, -0.05) is 13.0 Å². The lowest BCUT2D eigenvalue weighted by molar-refractivity contribution is -0.148. The van der Waals surface area contributed by atoms with Crippen LogP contribution in [0.3, 0.4) is 0 Å². The molecule has 0 amide bonds. The van der Waals surface area contributed by atoms with E-state index in [1.807, 2.05) is 6.92 Å². The van der Waals surface area contributed by atoms with Crippen LogP contribution in [-0.2, 0) is 9.53 Å². The number of likely N-dealkylation sites (N-methyl/N-ethyl adjacent to an activating group) is 1. The maximum atomic E-state index is 11.3. The van der Waals surface area contributed by atoms with Gasteiger partial charge >= 0.3 is 5.97 Å². The zero-order valence-corrected chi connectivity index (χ0v) is 8.02. The summed E-state index contributed by atoms with van der Waals surface area (Å²) in [5.74, 6) is -0.276. The minimum Gasteiger partial charge on any atom is -0.464 e. The molecule has 0 radical (unpaired) electrons. The molecule has 0 saturated heterocycles. The number of rotatable bonds is 5. The molecule has 3 nitrogen and oxygen atoms in total. The Balaban J connectivity index is 4.28. The standard InChI is InChI=1S/C9H17NO2/c1-5-9(4,10-6-2)8(11)12-7-3/h5,10H,1,6-7H2,2-4H3. The van der Waals surface area contributed by atoms with Crippen molar-refractivity contribution >= 4 is 5.97 Å². The van der Waals surface area contributed by atoms with Crippen LogP contribution in [0, 0.1) is 0 Å². The van der Waals surface area contributed by atoms with E-state index >= 15 is 0 Å². The molecule has 0 saturated carbocycles. The Kier molecular flexibility index (Phi) is 4.59. The van der Waals surface area contributed by atoms with Crippen molar-refractivity contribution in [3.05, 3.63) is 12.7 Å². The minimum atomic E-state index is -0.745. The lowest BCUT2D eigenvalue weighted by Gasteiger charge is -2.23. The number of esters is 1. The molecule has 1 N–H and O–H groups in total. The molecular weight excluding hydrogens is 154 g/mol. The summed E-state index contributed by atoms with van der Waals surface area (Å²) >= 11 is 0. The minimum absolute atomic E-state index is 0.276. The molecule has 0 aromatic heterocycles. The molecule has 0 spiro atoms. The molecule has 0 aromatic carbocycles. The Morgan fingerprint density at radius 2 is 2.25 bits per heavy atom. The maximum absolute atomic E-state index is 11.3. The summed E-state index contributed by atoms with van der Waals surface area (Å²) in [4.78, 5) is 11.3. The van der Waals surface area contributed by atoms with Crippen LogP contribution < -0.4 is 5.32 Å². The predicted octanol–water partition coefficient (Wildman–Crippen LogP) is 1.10. The second kappa shape index (κ2) is 4.93. The number of nitrogens with one attached hydrogen (secondary N) is 1. The molecule has 0 aliphatic rings. The van der Waals surface area contributed by atoms with E-state index in [1.54, 1.807) is 19.9 Å². The van der Waals surface area contributed by atoms with E-state index in [4.69, 9.17) is 4.74 Å². The van der Waals surface area contributed by atoms with Gasteiger partial charge in [0.25, 0.3) is 0 Å². The summed E-state index contributed by atoms with van der Waals surface area (Å²) in [6.07, 6.45) is 1.56. The third-order valence-electron chi connectivity index (χ3n) is 1.65. The van der Waals surface area contributed by atoms with Gasteiger partial charge in [0.05, 0.1) is 6.61 Å². The Morgan fingerprint density at radius 1 is 1.67 bits per heavy atom. The summed E-state index contributed by atoms with van der Waals surface area (Å²) < 4.78 is 4.88. The molecule has 0 fully saturated rings. The molecule has 0 aliphatic carbocycles. The van der Waals surface area contributed by atoms with Gasteiger partial charge in [-0.25, -0.2) is 4.79 Å². The lowest BCUT2D eigenvalue weighted by Crippen LogP contribution is -2.48. The average molecular weight is 171 g/mol. The Labute approximate surface area is 73.8 Å². The SMILES string of the molecule is C=CC(C)(NCC)C(=O)OCC. The van der Waals surface area contributed by atoms with Crippen LogP contribution in [0.1, 0.15) is 20.8 Å². The highest BCUT2D eigenvalue weighted by Crippen LogP contribution is 2.07. The number of carbonyl (C=O) groups excluding carboxylic acids is 1. The van der Waals surface area contributed by atoms with Gasteiger partial charge < -0.3 is 4.74 Å². The van der Waals surface area contributed by atoms with Crippen molar-refractivity contribution < 1.29 is 9.53 Å². The number of ether oxygens (including phenoxy) is 1. The van der Waals surface area contributed by atoms with Gasteiger partial charge in [-0.15, -0.1) is 6.58 Å². The molecule has 0 aromatic rings. The maximum Gasteiger partial charge on any atom is 0.330 e. The van der Waals surface area contributed by atoms with Gasteiger partial charge in [0.2, 0.25) is 0 Å². The average Bonchev–Trinajstić information content (AvgIpc) is 2.05. The van der Waals surface area contributed by atoms with Crippen molar-refractivity contribution in [3.8, 4) is 0 Å². The summed E-state index contributed by atoms with van der Waals surface area (Å²) in [5, 5.41) is 3.00. The fourth-order valence-corrected chi connectivity index (χ4v) is 0.876. The van der Waals surface area contributed by atoms with Gasteiger partial charge in [0.1, 0.15) is 5.54 Å². The van der Waals surface area contributed by atoms with Crippen molar-refractivity contribution in [1.82, 2.24) is 5.32 Å². The summed E-state index contributed by atoms with van der Waals surface area (Å²) in [5.41, 5.74) is -0.745. The Hall–Kier alpha value is -0.830. The second-order valence-electron chi connectivity index (χ2n) is 2.66. The molecule has 0 bridgehead atoms. The highest BCUT2D eigenvalue weighted by molar-refractivity contribution is 5.82.